The molecule has 0 aliphatic heterocycles. The number of hydrogen-bond donors (Lipinski definition) is 0. The van der Waals surface area contributed by atoms with E-state index >= 15 is 0 Å². The van der Waals surface area contributed by atoms with Crippen molar-refractivity contribution in [3.05, 3.63) is 56.2 Å². The standard InChI is InChI=1S/C16H13ClO3S/c17-15-7-6-14(21-15)16(19)20-9-13(18)12-5-4-10-2-1-3-11(10)8-12/h4-8H,1-3,9H2. The second-order valence-electron chi connectivity index (χ2n) is 4.94. The lowest BCUT2D eigenvalue weighted by molar-refractivity contribution is 0.0479. The maximum Gasteiger partial charge on any atom is 0.348 e. The van der Waals surface area contributed by atoms with Crippen LogP contribution in [0, 0.1) is 0 Å². The number of carbonyl (C=O) groups is 2. The Morgan fingerprint density at radius 3 is 2.71 bits per heavy atom. The van der Waals surface area contributed by atoms with Gasteiger partial charge >= 0.3 is 5.97 Å². The van der Waals surface area contributed by atoms with E-state index in [9.17, 15) is 9.59 Å². The summed E-state index contributed by atoms with van der Waals surface area (Å²) in [6.07, 6.45) is 3.24. The van der Waals surface area contributed by atoms with Crippen molar-refractivity contribution >= 4 is 34.7 Å². The average molecular weight is 321 g/mol. The number of carbonyl (C=O) groups excluding carboxylic acids is 2. The van der Waals surface area contributed by atoms with E-state index < -0.39 is 5.97 Å². The Balaban J connectivity index is 1.63. The van der Waals surface area contributed by atoms with Crippen LogP contribution in [0.15, 0.2) is 30.3 Å². The SMILES string of the molecule is O=C(COC(=O)c1ccc(Cl)s1)c1ccc2c(c1)CCC2. The van der Waals surface area contributed by atoms with Gasteiger partial charge in [0.25, 0.3) is 0 Å². The maximum atomic E-state index is 12.1. The van der Waals surface area contributed by atoms with Crippen LogP contribution in [0.25, 0.3) is 0 Å². The van der Waals surface area contributed by atoms with Crippen LogP contribution in [0.1, 0.15) is 37.6 Å². The Morgan fingerprint density at radius 2 is 1.95 bits per heavy atom. The van der Waals surface area contributed by atoms with Crippen LogP contribution in [-0.4, -0.2) is 18.4 Å². The van der Waals surface area contributed by atoms with Gasteiger partial charge in [-0.1, -0.05) is 23.7 Å². The minimum atomic E-state index is -0.513. The van der Waals surface area contributed by atoms with Crippen LogP contribution in [0.5, 0.6) is 0 Å². The van der Waals surface area contributed by atoms with Crippen molar-refractivity contribution < 1.29 is 14.3 Å². The predicted octanol–water partition coefficient (Wildman–Crippen LogP) is 3.93. The van der Waals surface area contributed by atoms with Gasteiger partial charge in [0.15, 0.2) is 12.4 Å². The highest BCUT2D eigenvalue weighted by Crippen LogP contribution is 2.24. The lowest BCUT2D eigenvalue weighted by atomic mass is 10.0. The highest BCUT2D eigenvalue weighted by molar-refractivity contribution is 7.17. The molecule has 0 amide bonds. The second-order valence-corrected chi connectivity index (χ2v) is 6.66. The number of aryl methyl sites for hydroxylation is 2. The highest BCUT2D eigenvalue weighted by Gasteiger charge is 2.16. The third-order valence-corrected chi connectivity index (χ3v) is 4.74. The molecule has 2 aromatic rings. The summed E-state index contributed by atoms with van der Waals surface area (Å²) in [5.74, 6) is -0.692. The van der Waals surface area contributed by atoms with Crippen LogP contribution < -0.4 is 0 Å². The van der Waals surface area contributed by atoms with Crippen molar-refractivity contribution in [1.82, 2.24) is 0 Å². The average Bonchev–Trinajstić information content (AvgIpc) is 3.12. The quantitative estimate of drug-likeness (QED) is 0.633. The van der Waals surface area contributed by atoms with Gasteiger partial charge in [-0.2, -0.15) is 0 Å². The monoisotopic (exact) mass is 320 g/mol. The molecular formula is C16H13ClO3S. The molecule has 0 bridgehead atoms. The molecule has 0 saturated heterocycles. The van der Waals surface area contributed by atoms with E-state index in [-0.39, 0.29) is 12.4 Å². The first-order chi connectivity index (χ1) is 10.1. The van der Waals surface area contributed by atoms with Crippen molar-refractivity contribution in [3.8, 4) is 0 Å². The van der Waals surface area contributed by atoms with E-state index in [1.165, 1.54) is 11.1 Å². The largest absolute Gasteiger partial charge is 0.453 e. The number of halogens is 1. The van der Waals surface area contributed by atoms with Crippen LogP contribution in [0.3, 0.4) is 0 Å². The van der Waals surface area contributed by atoms with Gasteiger partial charge in [0.05, 0.1) is 4.34 Å². The number of hydrogen-bond acceptors (Lipinski definition) is 4. The Morgan fingerprint density at radius 1 is 1.14 bits per heavy atom. The van der Waals surface area contributed by atoms with Gasteiger partial charge in [-0.3, -0.25) is 4.79 Å². The molecule has 0 N–H and O–H groups in total. The summed E-state index contributed by atoms with van der Waals surface area (Å²) in [6.45, 7) is -0.243. The highest BCUT2D eigenvalue weighted by atomic mass is 35.5. The number of ether oxygens (including phenoxy) is 1. The minimum absolute atomic E-state index is 0.180. The molecule has 0 saturated carbocycles. The third kappa shape index (κ3) is 3.17. The fourth-order valence-corrected chi connectivity index (χ4v) is 3.39. The minimum Gasteiger partial charge on any atom is -0.453 e. The van der Waals surface area contributed by atoms with Crippen molar-refractivity contribution in [2.45, 2.75) is 19.3 Å². The molecule has 1 aliphatic rings. The van der Waals surface area contributed by atoms with Crippen LogP contribution in [-0.2, 0) is 17.6 Å². The number of Topliss-reactive ketones (excluding diaryl/α,β-unsaturated/α-hetero) is 1. The molecule has 0 unspecified atom stereocenters. The van der Waals surface area contributed by atoms with Gasteiger partial charge in [0.1, 0.15) is 4.88 Å². The van der Waals surface area contributed by atoms with Gasteiger partial charge in [-0.15, -0.1) is 11.3 Å². The molecule has 3 nitrogen and oxygen atoms in total. The maximum absolute atomic E-state index is 12.1. The van der Waals surface area contributed by atoms with E-state index in [0.29, 0.717) is 14.8 Å². The Labute approximate surface area is 131 Å². The molecular weight excluding hydrogens is 308 g/mol. The molecule has 1 aromatic carbocycles. The van der Waals surface area contributed by atoms with Gasteiger partial charge < -0.3 is 4.74 Å². The molecule has 21 heavy (non-hydrogen) atoms. The summed E-state index contributed by atoms with van der Waals surface area (Å²) in [6, 6.07) is 8.94. The number of thiophene rings is 1. The first kappa shape index (κ1) is 14.3. The van der Waals surface area contributed by atoms with Crippen LogP contribution in [0.2, 0.25) is 4.34 Å². The molecule has 108 valence electrons. The van der Waals surface area contributed by atoms with E-state index in [2.05, 4.69) is 0 Å². The second kappa shape index (κ2) is 6.00. The van der Waals surface area contributed by atoms with Crippen molar-refractivity contribution in [3.63, 3.8) is 0 Å². The summed E-state index contributed by atoms with van der Waals surface area (Å²) < 4.78 is 5.56. The molecule has 0 fully saturated rings. The van der Waals surface area contributed by atoms with Crippen molar-refractivity contribution in [2.24, 2.45) is 0 Å². The number of ketones is 1. The Hall–Kier alpha value is -1.65. The molecule has 1 heterocycles. The Kier molecular flexibility index (Phi) is 4.08. The molecule has 0 atom stereocenters. The van der Waals surface area contributed by atoms with E-state index in [0.717, 1.165) is 30.6 Å². The molecule has 1 aliphatic carbocycles. The smallest absolute Gasteiger partial charge is 0.348 e. The summed E-state index contributed by atoms with van der Waals surface area (Å²) in [4.78, 5) is 24.2. The van der Waals surface area contributed by atoms with Gasteiger partial charge in [0, 0.05) is 5.56 Å². The molecule has 0 spiro atoms. The van der Waals surface area contributed by atoms with E-state index in [1.54, 1.807) is 12.1 Å². The molecule has 5 heteroatoms. The first-order valence-corrected chi connectivity index (χ1v) is 7.90. The van der Waals surface area contributed by atoms with Crippen molar-refractivity contribution in [1.29, 1.82) is 0 Å². The number of fused-ring (bicyclic) bond motifs is 1. The lowest BCUT2D eigenvalue weighted by Crippen LogP contribution is -2.13. The van der Waals surface area contributed by atoms with Gasteiger partial charge in [-0.05, 0) is 48.6 Å². The van der Waals surface area contributed by atoms with Crippen molar-refractivity contribution in [2.75, 3.05) is 6.61 Å². The molecule has 1 aromatic heterocycles. The third-order valence-electron chi connectivity index (χ3n) is 3.53. The zero-order chi connectivity index (χ0) is 14.8. The summed E-state index contributed by atoms with van der Waals surface area (Å²) >= 11 is 6.90. The first-order valence-electron chi connectivity index (χ1n) is 6.71. The normalized spacial score (nSPS) is 13.0. The van der Waals surface area contributed by atoms with Crippen LogP contribution >= 0.6 is 22.9 Å². The summed E-state index contributed by atoms with van der Waals surface area (Å²) in [5, 5.41) is 0. The fourth-order valence-electron chi connectivity index (χ4n) is 2.45. The van der Waals surface area contributed by atoms with E-state index in [4.69, 9.17) is 16.3 Å². The van der Waals surface area contributed by atoms with Gasteiger partial charge in [-0.25, -0.2) is 4.79 Å². The molecule has 3 rings (SSSR count). The Bertz CT molecular complexity index is 705. The van der Waals surface area contributed by atoms with Gasteiger partial charge in [0.2, 0.25) is 0 Å². The number of benzene rings is 1. The zero-order valence-electron chi connectivity index (χ0n) is 11.2. The van der Waals surface area contributed by atoms with E-state index in [1.807, 2.05) is 18.2 Å². The lowest BCUT2D eigenvalue weighted by Gasteiger charge is -2.05. The topological polar surface area (TPSA) is 43.4 Å². The summed E-state index contributed by atoms with van der Waals surface area (Å²) in [7, 11) is 0. The number of esters is 1. The predicted molar refractivity (Wildman–Crippen MR) is 82.4 cm³/mol. The van der Waals surface area contributed by atoms with Crippen LogP contribution in [0.4, 0.5) is 0 Å². The fraction of sp³-hybridized carbons (Fsp3) is 0.250. The summed E-state index contributed by atoms with van der Waals surface area (Å²) in [5.41, 5.74) is 3.15. The zero-order valence-corrected chi connectivity index (χ0v) is 12.8. The molecule has 0 radical (unpaired) electrons. The number of rotatable bonds is 4.